The SMILES string of the molecule is COC(=O)c1ccc(NC(=O)[C@H](C)N(c2cc(C)ccc2C)S(C)(=O)=O)cc1. The predicted octanol–water partition coefficient (Wildman–Crippen LogP) is 2.88. The van der Waals surface area contributed by atoms with Crippen LogP contribution in [0.5, 0.6) is 0 Å². The number of carbonyl (C=O) groups is 2. The second kappa shape index (κ2) is 8.43. The number of aryl methyl sites for hydroxylation is 2. The molecule has 1 amide bonds. The van der Waals surface area contributed by atoms with Crippen molar-refractivity contribution in [3.05, 3.63) is 59.2 Å². The number of ether oxygens (including phenoxy) is 1. The molecule has 1 atom stereocenters. The summed E-state index contributed by atoms with van der Waals surface area (Å²) in [6, 6.07) is 10.6. The van der Waals surface area contributed by atoms with Gasteiger partial charge in [-0.1, -0.05) is 12.1 Å². The molecular weight excluding hydrogens is 380 g/mol. The molecule has 0 radical (unpaired) electrons. The molecule has 0 fully saturated rings. The van der Waals surface area contributed by atoms with Gasteiger partial charge in [0.15, 0.2) is 0 Å². The van der Waals surface area contributed by atoms with Crippen molar-refractivity contribution in [1.82, 2.24) is 0 Å². The number of carbonyl (C=O) groups excluding carboxylic acids is 2. The van der Waals surface area contributed by atoms with E-state index in [2.05, 4.69) is 10.1 Å². The minimum Gasteiger partial charge on any atom is -0.465 e. The summed E-state index contributed by atoms with van der Waals surface area (Å²) in [6.07, 6.45) is 1.07. The van der Waals surface area contributed by atoms with E-state index in [4.69, 9.17) is 0 Å². The van der Waals surface area contributed by atoms with Gasteiger partial charge >= 0.3 is 5.97 Å². The first-order valence-electron chi connectivity index (χ1n) is 8.60. The van der Waals surface area contributed by atoms with Gasteiger partial charge in [0.25, 0.3) is 0 Å². The van der Waals surface area contributed by atoms with E-state index in [1.807, 2.05) is 19.1 Å². The maximum absolute atomic E-state index is 12.7. The Bertz CT molecular complexity index is 984. The number of rotatable bonds is 6. The molecule has 0 bridgehead atoms. The van der Waals surface area contributed by atoms with Gasteiger partial charge in [-0.3, -0.25) is 9.10 Å². The summed E-state index contributed by atoms with van der Waals surface area (Å²) < 4.78 is 30.6. The van der Waals surface area contributed by atoms with Crippen LogP contribution in [0.25, 0.3) is 0 Å². The number of amides is 1. The van der Waals surface area contributed by atoms with E-state index >= 15 is 0 Å². The highest BCUT2D eigenvalue weighted by Gasteiger charge is 2.30. The molecule has 0 unspecified atom stereocenters. The van der Waals surface area contributed by atoms with Crippen LogP contribution in [-0.2, 0) is 19.6 Å². The summed E-state index contributed by atoms with van der Waals surface area (Å²) in [5, 5.41) is 2.69. The normalized spacial score (nSPS) is 12.2. The zero-order valence-corrected chi connectivity index (χ0v) is 17.3. The third-order valence-corrected chi connectivity index (χ3v) is 5.49. The minimum absolute atomic E-state index is 0.349. The molecule has 2 aromatic rings. The fourth-order valence-electron chi connectivity index (χ4n) is 2.79. The summed E-state index contributed by atoms with van der Waals surface area (Å²) in [7, 11) is -2.42. The average molecular weight is 404 g/mol. The van der Waals surface area contributed by atoms with Crippen molar-refractivity contribution in [2.75, 3.05) is 23.0 Å². The van der Waals surface area contributed by atoms with E-state index < -0.39 is 27.9 Å². The molecule has 0 aliphatic rings. The summed E-state index contributed by atoms with van der Waals surface area (Å²) >= 11 is 0. The van der Waals surface area contributed by atoms with Gasteiger partial charge in [0, 0.05) is 5.69 Å². The van der Waals surface area contributed by atoms with Gasteiger partial charge in [-0.25, -0.2) is 13.2 Å². The maximum atomic E-state index is 12.7. The van der Waals surface area contributed by atoms with Gasteiger partial charge in [0.1, 0.15) is 6.04 Å². The molecule has 150 valence electrons. The van der Waals surface area contributed by atoms with E-state index in [0.717, 1.165) is 21.7 Å². The molecule has 0 spiro atoms. The Morgan fingerprint density at radius 1 is 1.07 bits per heavy atom. The van der Waals surface area contributed by atoms with Crippen molar-refractivity contribution in [1.29, 1.82) is 0 Å². The van der Waals surface area contributed by atoms with Crippen LogP contribution in [-0.4, -0.2) is 39.7 Å². The van der Waals surface area contributed by atoms with E-state index in [0.29, 0.717) is 16.9 Å². The third-order valence-electron chi connectivity index (χ3n) is 4.26. The molecule has 0 aromatic heterocycles. The molecule has 0 heterocycles. The van der Waals surface area contributed by atoms with Crippen LogP contribution in [0.1, 0.15) is 28.4 Å². The van der Waals surface area contributed by atoms with Crippen LogP contribution in [0, 0.1) is 13.8 Å². The van der Waals surface area contributed by atoms with Crippen molar-refractivity contribution in [2.24, 2.45) is 0 Å². The summed E-state index contributed by atoms with van der Waals surface area (Å²) in [4.78, 5) is 24.2. The first kappa shape index (κ1) is 21.4. The van der Waals surface area contributed by atoms with Gasteiger partial charge in [-0.05, 0) is 62.2 Å². The van der Waals surface area contributed by atoms with Gasteiger partial charge < -0.3 is 10.1 Å². The van der Waals surface area contributed by atoms with Crippen molar-refractivity contribution >= 4 is 33.3 Å². The van der Waals surface area contributed by atoms with Crippen molar-refractivity contribution in [3.8, 4) is 0 Å². The lowest BCUT2D eigenvalue weighted by molar-refractivity contribution is -0.116. The molecule has 0 saturated carbocycles. The molecule has 28 heavy (non-hydrogen) atoms. The predicted molar refractivity (Wildman–Crippen MR) is 109 cm³/mol. The standard InChI is InChI=1S/C20H24N2O5S/c1-13-6-7-14(2)18(12-13)22(28(5,25)26)15(3)19(23)21-17-10-8-16(9-11-17)20(24)27-4/h6-12,15H,1-5H3,(H,21,23)/t15-/m0/s1. The third kappa shape index (κ3) is 4.89. The zero-order chi connectivity index (χ0) is 21.1. The smallest absolute Gasteiger partial charge is 0.337 e. The highest BCUT2D eigenvalue weighted by Crippen LogP contribution is 2.26. The van der Waals surface area contributed by atoms with Crippen molar-refractivity contribution in [2.45, 2.75) is 26.8 Å². The summed E-state index contributed by atoms with van der Waals surface area (Å²) in [5.41, 5.74) is 2.89. The van der Waals surface area contributed by atoms with Crippen LogP contribution in [0.15, 0.2) is 42.5 Å². The van der Waals surface area contributed by atoms with Crippen LogP contribution in [0.4, 0.5) is 11.4 Å². The number of anilines is 2. The Hall–Kier alpha value is -2.87. The Morgan fingerprint density at radius 2 is 1.68 bits per heavy atom. The molecule has 0 aliphatic carbocycles. The highest BCUT2D eigenvalue weighted by molar-refractivity contribution is 7.92. The van der Waals surface area contributed by atoms with Gasteiger partial charge in [0.05, 0.1) is 24.6 Å². The number of methoxy groups -OCH3 is 1. The van der Waals surface area contributed by atoms with Crippen LogP contribution < -0.4 is 9.62 Å². The first-order valence-corrected chi connectivity index (χ1v) is 10.5. The highest BCUT2D eigenvalue weighted by atomic mass is 32.2. The number of nitrogens with zero attached hydrogens (tertiary/aromatic N) is 1. The second-order valence-corrected chi connectivity index (χ2v) is 8.44. The molecular formula is C20H24N2O5S. The molecule has 1 N–H and O–H groups in total. The van der Waals surface area contributed by atoms with Crippen molar-refractivity contribution in [3.63, 3.8) is 0 Å². The van der Waals surface area contributed by atoms with E-state index in [9.17, 15) is 18.0 Å². The molecule has 0 saturated heterocycles. The number of sulfonamides is 1. The fourth-order valence-corrected chi connectivity index (χ4v) is 4.02. The summed E-state index contributed by atoms with van der Waals surface area (Å²) in [5.74, 6) is -0.971. The van der Waals surface area contributed by atoms with Gasteiger partial charge in [0.2, 0.25) is 15.9 Å². The topological polar surface area (TPSA) is 92.8 Å². The molecule has 7 nitrogen and oxygen atoms in total. The Kier molecular flexibility index (Phi) is 6.45. The Labute approximate surface area is 165 Å². The van der Waals surface area contributed by atoms with Gasteiger partial charge in [-0.15, -0.1) is 0 Å². The number of hydrogen-bond donors (Lipinski definition) is 1. The van der Waals surface area contributed by atoms with E-state index in [1.165, 1.54) is 26.2 Å². The molecule has 8 heteroatoms. The fraction of sp³-hybridized carbons (Fsp3) is 0.300. The average Bonchev–Trinajstić information content (AvgIpc) is 2.63. The van der Waals surface area contributed by atoms with Gasteiger partial charge in [-0.2, -0.15) is 0 Å². The lowest BCUT2D eigenvalue weighted by atomic mass is 10.1. The Morgan fingerprint density at radius 3 is 2.21 bits per heavy atom. The number of hydrogen-bond acceptors (Lipinski definition) is 5. The zero-order valence-electron chi connectivity index (χ0n) is 16.5. The molecule has 0 aliphatic heterocycles. The lowest BCUT2D eigenvalue weighted by Gasteiger charge is -2.29. The van der Waals surface area contributed by atoms with Crippen LogP contribution in [0.2, 0.25) is 0 Å². The first-order chi connectivity index (χ1) is 13.0. The molecule has 2 rings (SSSR count). The minimum atomic E-state index is -3.70. The summed E-state index contributed by atoms with van der Waals surface area (Å²) in [6.45, 7) is 5.18. The number of esters is 1. The monoisotopic (exact) mass is 404 g/mol. The maximum Gasteiger partial charge on any atom is 0.337 e. The van der Waals surface area contributed by atoms with E-state index in [1.54, 1.807) is 25.1 Å². The largest absolute Gasteiger partial charge is 0.465 e. The second-order valence-electron chi connectivity index (χ2n) is 6.58. The van der Waals surface area contributed by atoms with Crippen LogP contribution >= 0.6 is 0 Å². The molecule has 2 aromatic carbocycles. The lowest BCUT2D eigenvalue weighted by Crippen LogP contribution is -2.45. The van der Waals surface area contributed by atoms with Crippen molar-refractivity contribution < 1.29 is 22.7 Å². The van der Waals surface area contributed by atoms with Crippen LogP contribution in [0.3, 0.4) is 0 Å². The number of benzene rings is 2. The quantitative estimate of drug-likeness (QED) is 0.748. The number of nitrogens with one attached hydrogen (secondary N) is 1. The Balaban J connectivity index is 2.29. The van der Waals surface area contributed by atoms with E-state index in [-0.39, 0.29) is 0 Å².